The molecule has 1 aromatic heterocycles. The summed E-state index contributed by atoms with van der Waals surface area (Å²) in [4.78, 5) is 17.1. The van der Waals surface area contributed by atoms with E-state index in [1.165, 1.54) is 7.05 Å². The smallest absolute Gasteiger partial charge is 0.382 e. The van der Waals surface area contributed by atoms with E-state index in [0.29, 0.717) is 11.2 Å². The number of alkyl halides is 3. The van der Waals surface area contributed by atoms with E-state index in [1.54, 1.807) is 19.1 Å². The maximum atomic E-state index is 12.3. The Morgan fingerprint density at radius 1 is 1.35 bits per heavy atom. The molecule has 124 valence electrons. The summed E-state index contributed by atoms with van der Waals surface area (Å²) in [6, 6.07) is 8.03. The number of benzene rings is 1. The number of rotatable bonds is 3. The number of hydrogen-bond donors (Lipinski definition) is 2. The Labute approximate surface area is 130 Å². The first-order chi connectivity index (χ1) is 10.7. The summed E-state index contributed by atoms with van der Waals surface area (Å²) in [5.74, 6) is 0. The topological polar surface area (TPSA) is 65.5 Å². The Balaban J connectivity index is 2.16. The number of carbonyl (C=O) groups excluding carboxylic acids is 1. The highest BCUT2D eigenvalue weighted by molar-refractivity contribution is 5.99. The van der Waals surface area contributed by atoms with Gasteiger partial charge in [0.25, 0.3) is 0 Å². The lowest BCUT2D eigenvalue weighted by atomic mass is 10.2. The SMILES string of the molecule is Cc1ccc2cccc(NC(=O)N(C)CC(O)C(F)(F)F)c2n1. The average Bonchev–Trinajstić information content (AvgIpc) is 2.46. The molecule has 2 rings (SSSR count). The molecule has 0 radical (unpaired) electrons. The molecule has 0 saturated heterocycles. The Morgan fingerprint density at radius 2 is 2.04 bits per heavy atom. The number of aromatic nitrogens is 1. The number of amides is 2. The number of aliphatic hydroxyl groups is 1. The molecule has 23 heavy (non-hydrogen) atoms. The van der Waals surface area contributed by atoms with Crippen molar-refractivity contribution in [1.82, 2.24) is 9.88 Å². The lowest BCUT2D eigenvalue weighted by Crippen LogP contribution is -2.43. The van der Waals surface area contributed by atoms with Crippen molar-refractivity contribution in [2.45, 2.75) is 19.2 Å². The number of pyridine rings is 1. The van der Waals surface area contributed by atoms with Gasteiger partial charge in [0, 0.05) is 18.1 Å². The summed E-state index contributed by atoms with van der Waals surface area (Å²) in [7, 11) is 1.17. The molecule has 1 heterocycles. The fraction of sp³-hybridized carbons (Fsp3) is 0.333. The van der Waals surface area contributed by atoms with Gasteiger partial charge in [-0.15, -0.1) is 0 Å². The zero-order chi connectivity index (χ0) is 17.2. The molecule has 0 fully saturated rings. The predicted octanol–water partition coefficient (Wildman–Crippen LogP) is 2.93. The standard InChI is InChI=1S/C15H16F3N3O2/c1-9-6-7-10-4-3-5-11(13(10)19-9)20-14(23)21(2)8-12(22)15(16,17)18/h3-7,12,22H,8H2,1-2H3,(H,20,23). The molecule has 0 aliphatic rings. The molecule has 0 saturated carbocycles. The largest absolute Gasteiger partial charge is 0.416 e. The van der Waals surface area contributed by atoms with Crippen molar-refractivity contribution in [2.75, 3.05) is 18.9 Å². The minimum absolute atomic E-state index is 0.393. The molecule has 2 N–H and O–H groups in total. The van der Waals surface area contributed by atoms with Crippen molar-refractivity contribution in [3.8, 4) is 0 Å². The van der Waals surface area contributed by atoms with Gasteiger partial charge in [0.05, 0.1) is 17.7 Å². The van der Waals surface area contributed by atoms with Gasteiger partial charge in [-0.1, -0.05) is 18.2 Å². The van der Waals surface area contributed by atoms with E-state index in [2.05, 4.69) is 10.3 Å². The number of aryl methyl sites for hydroxylation is 1. The maximum absolute atomic E-state index is 12.3. The van der Waals surface area contributed by atoms with Gasteiger partial charge in [-0.05, 0) is 19.1 Å². The van der Waals surface area contributed by atoms with Crippen molar-refractivity contribution in [2.24, 2.45) is 0 Å². The number of nitrogens with one attached hydrogen (secondary N) is 1. The lowest BCUT2D eigenvalue weighted by molar-refractivity contribution is -0.205. The van der Waals surface area contributed by atoms with Gasteiger partial charge in [-0.3, -0.25) is 4.98 Å². The molecule has 8 heteroatoms. The van der Waals surface area contributed by atoms with E-state index in [4.69, 9.17) is 5.11 Å². The summed E-state index contributed by atoms with van der Waals surface area (Å²) >= 11 is 0. The Kier molecular flexibility index (Phi) is 4.74. The average molecular weight is 327 g/mol. The van der Waals surface area contributed by atoms with E-state index >= 15 is 0 Å². The lowest BCUT2D eigenvalue weighted by Gasteiger charge is -2.23. The van der Waals surface area contributed by atoms with Crippen LogP contribution in [0.1, 0.15) is 5.69 Å². The number of aliphatic hydroxyl groups excluding tert-OH is 1. The quantitative estimate of drug-likeness (QED) is 0.911. The van der Waals surface area contributed by atoms with Crippen LogP contribution in [0.15, 0.2) is 30.3 Å². The van der Waals surface area contributed by atoms with Crippen LogP contribution in [0.5, 0.6) is 0 Å². The second kappa shape index (κ2) is 6.41. The fourth-order valence-electron chi connectivity index (χ4n) is 2.00. The minimum atomic E-state index is -4.77. The zero-order valence-corrected chi connectivity index (χ0v) is 12.6. The number of carbonyl (C=O) groups is 1. The van der Waals surface area contributed by atoms with Crippen LogP contribution < -0.4 is 5.32 Å². The number of para-hydroxylation sites is 1. The van der Waals surface area contributed by atoms with E-state index < -0.39 is 24.9 Å². The minimum Gasteiger partial charge on any atom is -0.382 e. The summed E-state index contributed by atoms with van der Waals surface area (Å²) in [6.07, 6.45) is -7.36. The first kappa shape index (κ1) is 17.0. The van der Waals surface area contributed by atoms with E-state index in [-0.39, 0.29) is 0 Å². The monoisotopic (exact) mass is 327 g/mol. The number of likely N-dealkylation sites (N-methyl/N-ethyl adjacent to an activating group) is 1. The number of nitrogens with zero attached hydrogens (tertiary/aromatic N) is 2. The molecule has 0 bridgehead atoms. The van der Waals surface area contributed by atoms with Crippen LogP contribution in [0.4, 0.5) is 23.7 Å². The fourth-order valence-corrected chi connectivity index (χ4v) is 2.00. The molecule has 1 unspecified atom stereocenters. The Bertz CT molecular complexity index is 719. The third-order valence-electron chi connectivity index (χ3n) is 3.27. The molecule has 1 aromatic carbocycles. The van der Waals surface area contributed by atoms with Crippen LogP contribution in [0.3, 0.4) is 0 Å². The molecule has 0 aliphatic heterocycles. The second-order valence-electron chi connectivity index (χ2n) is 5.20. The number of fused-ring (bicyclic) bond motifs is 1. The van der Waals surface area contributed by atoms with Crippen LogP contribution in [0, 0.1) is 6.92 Å². The molecule has 1 atom stereocenters. The third kappa shape index (κ3) is 4.10. The summed E-state index contributed by atoms with van der Waals surface area (Å²) in [5.41, 5.74) is 1.69. The van der Waals surface area contributed by atoms with E-state index in [9.17, 15) is 18.0 Å². The van der Waals surface area contributed by atoms with Crippen molar-refractivity contribution in [3.63, 3.8) is 0 Å². The van der Waals surface area contributed by atoms with Gasteiger partial charge < -0.3 is 15.3 Å². The zero-order valence-electron chi connectivity index (χ0n) is 12.6. The first-order valence-corrected chi connectivity index (χ1v) is 6.82. The van der Waals surface area contributed by atoms with Crippen LogP contribution >= 0.6 is 0 Å². The van der Waals surface area contributed by atoms with Crippen LogP contribution in [0.25, 0.3) is 10.9 Å². The van der Waals surface area contributed by atoms with Crippen LogP contribution in [0.2, 0.25) is 0 Å². The molecular weight excluding hydrogens is 311 g/mol. The van der Waals surface area contributed by atoms with Crippen LogP contribution in [-0.4, -0.2) is 46.9 Å². The molecular formula is C15H16F3N3O2. The predicted molar refractivity (Wildman–Crippen MR) is 80.2 cm³/mol. The van der Waals surface area contributed by atoms with Crippen molar-refractivity contribution in [3.05, 3.63) is 36.0 Å². The molecule has 2 amide bonds. The molecule has 2 aromatic rings. The number of urea groups is 1. The molecule has 5 nitrogen and oxygen atoms in total. The second-order valence-corrected chi connectivity index (χ2v) is 5.20. The van der Waals surface area contributed by atoms with Crippen molar-refractivity contribution >= 4 is 22.6 Å². The number of hydrogen-bond acceptors (Lipinski definition) is 3. The van der Waals surface area contributed by atoms with E-state index in [0.717, 1.165) is 16.0 Å². The Morgan fingerprint density at radius 3 is 2.70 bits per heavy atom. The number of anilines is 1. The first-order valence-electron chi connectivity index (χ1n) is 6.82. The normalized spacial score (nSPS) is 13.0. The van der Waals surface area contributed by atoms with Crippen LogP contribution in [-0.2, 0) is 0 Å². The van der Waals surface area contributed by atoms with Crippen molar-refractivity contribution in [1.29, 1.82) is 0 Å². The third-order valence-corrected chi connectivity index (χ3v) is 3.27. The van der Waals surface area contributed by atoms with Gasteiger partial charge in [0.15, 0.2) is 6.10 Å². The highest BCUT2D eigenvalue weighted by Gasteiger charge is 2.39. The van der Waals surface area contributed by atoms with Gasteiger partial charge >= 0.3 is 12.2 Å². The molecule has 0 spiro atoms. The summed E-state index contributed by atoms with van der Waals surface area (Å²) < 4.78 is 37.0. The highest BCUT2D eigenvalue weighted by atomic mass is 19.4. The van der Waals surface area contributed by atoms with Gasteiger partial charge in [0.1, 0.15) is 0 Å². The van der Waals surface area contributed by atoms with Gasteiger partial charge in [-0.2, -0.15) is 13.2 Å². The Hall–Kier alpha value is -2.35. The van der Waals surface area contributed by atoms with Crippen molar-refractivity contribution < 1.29 is 23.1 Å². The van der Waals surface area contributed by atoms with Gasteiger partial charge in [0.2, 0.25) is 0 Å². The highest BCUT2D eigenvalue weighted by Crippen LogP contribution is 2.23. The summed E-state index contributed by atoms with van der Waals surface area (Å²) in [5, 5.41) is 12.3. The van der Waals surface area contributed by atoms with Gasteiger partial charge in [-0.25, -0.2) is 4.79 Å². The molecule has 0 aliphatic carbocycles. The number of halogens is 3. The van der Waals surface area contributed by atoms with E-state index in [1.807, 2.05) is 18.2 Å². The summed E-state index contributed by atoms with van der Waals surface area (Å²) in [6.45, 7) is 0.941. The maximum Gasteiger partial charge on any atom is 0.416 e.